The largest absolute Gasteiger partial charge is 0.460 e. The quantitative estimate of drug-likeness (QED) is 0.185. The number of alkyl halides is 17. The summed E-state index contributed by atoms with van der Waals surface area (Å²) in [6.45, 7) is 0. The summed E-state index contributed by atoms with van der Waals surface area (Å²) >= 11 is 0. The number of likely N-dealkylation sites (tertiary alicyclic amines) is 1. The van der Waals surface area contributed by atoms with Gasteiger partial charge in [0.05, 0.1) is 6.04 Å². The fraction of sp³-hybridized carbons (Fsp3) is 0.619. The van der Waals surface area contributed by atoms with Crippen molar-refractivity contribution in [3.8, 4) is 0 Å². The van der Waals surface area contributed by atoms with Crippen molar-refractivity contribution in [3.63, 3.8) is 0 Å². The summed E-state index contributed by atoms with van der Waals surface area (Å²) in [5.41, 5.74) is -0.270. The number of carbonyl (C=O) groups excluding carboxylic acids is 2. The highest BCUT2D eigenvalue weighted by atomic mass is 19.4. The molecular formula is C21H14F17NO2. The second-order valence-corrected chi connectivity index (χ2v) is 8.77. The molecule has 0 N–H and O–H groups in total. The molecule has 1 saturated heterocycles. The molecule has 1 aromatic carbocycles. The van der Waals surface area contributed by atoms with Gasteiger partial charge in [-0.25, -0.2) is 0 Å². The molecule has 0 aromatic heterocycles. The summed E-state index contributed by atoms with van der Waals surface area (Å²) in [5.74, 6) is -59.2. The monoisotopic (exact) mass is 635 g/mol. The molecule has 1 aromatic rings. The Morgan fingerprint density at radius 1 is 0.561 bits per heavy atom. The lowest BCUT2D eigenvalue weighted by molar-refractivity contribution is -0.461. The number of carbonyl (C=O) groups is 2. The molecule has 0 aliphatic carbocycles. The SMILES string of the molecule is O=C1CCC(=O)N1C(CCC(F)(F)C(F)(F)C(F)(F)C(F)(F)C(F)(F)C(F)(F)C(F)(F)C(F)(F)F)c1ccccc1. The first-order valence-electron chi connectivity index (χ1n) is 10.7. The van der Waals surface area contributed by atoms with E-state index in [1.165, 1.54) is 6.07 Å². The van der Waals surface area contributed by atoms with Gasteiger partial charge in [0.15, 0.2) is 0 Å². The molecule has 0 spiro atoms. The summed E-state index contributed by atoms with van der Waals surface area (Å²) in [7, 11) is 0. The van der Waals surface area contributed by atoms with Crippen LogP contribution < -0.4 is 0 Å². The molecule has 2 amide bonds. The van der Waals surface area contributed by atoms with E-state index in [2.05, 4.69) is 0 Å². The van der Waals surface area contributed by atoms with Crippen molar-refractivity contribution in [1.82, 2.24) is 4.90 Å². The van der Waals surface area contributed by atoms with Crippen LogP contribution in [-0.4, -0.2) is 64.3 Å². The van der Waals surface area contributed by atoms with Crippen LogP contribution in [0, 0.1) is 0 Å². The van der Waals surface area contributed by atoms with Gasteiger partial charge < -0.3 is 0 Å². The molecular weight excluding hydrogens is 621 g/mol. The van der Waals surface area contributed by atoms with E-state index in [0.717, 1.165) is 24.3 Å². The smallest absolute Gasteiger partial charge is 0.275 e. The van der Waals surface area contributed by atoms with Gasteiger partial charge in [0.2, 0.25) is 11.8 Å². The van der Waals surface area contributed by atoms with Crippen molar-refractivity contribution in [2.75, 3.05) is 0 Å². The maximum Gasteiger partial charge on any atom is 0.460 e. The van der Waals surface area contributed by atoms with E-state index in [4.69, 9.17) is 0 Å². The maximum atomic E-state index is 14.4. The molecule has 0 saturated carbocycles. The van der Waals surface area contributed by atoms with E-state index in [9.17, 15) is 84.2 Å². The van der Waals surface area contributed by atoms with Gasteiger partial charge in [-0.2, -0.15) is 74.6 Å². The highest BCUT2D eigenvalue weighted by Crippen LogP contribution is 2.64. The Labute approximate surface area is 217 Å². The van der Waals surface area contributed by atoms with Gasteiger partial charge in [-0.1, -0.05) is 30.3 Å². The first-order chi connectivity index (χ1) is 18.1. The van der Waals surface area contributed by atoms with Crippen molar-refractivity contribution in [2.45, 2.75) is 79.4 Å². The van der Waals surface area contributed by atoms with Crippen LogP contribution in [-0.2, 0) is 9.59 Å². The number of rotatable bonds is 11. The summed E-state index contributed by atoms with van der Waals surface area (Å²) in [6.07, 6.45) is -13.3. The Hall–Kier alpha value is -2.83. The van der Waals surface area contributed by atoms with Crippen LogP contribution in [0.2, 0.25) is 0 Å². The molecule has 1 aliphatic heterocycles. The van der Waals surface area contributed by atoms with Gasteiger partial charge in [0.25, 0.3) is 0 Å². The first kappa shape index (κ1) is 34.4. The van der Waals surface area contributed by atoms with Crippen molar-refractivity contribution in [3.05, 3.63) is 35.9 Å². The zero-order valence-corrected chi connectivity index (χ0v) is 19.5. The molecule has 1 heterocycles. The maximum absolute atomic E-state index is 14.4. The van der Waals surface area contributed by atoms with E-state index in [-0.39, 0.29) is 10.5 Å². The lowest BCUT2D eigenvalue weighted by atomic mass is 9.87. The zero-order chi connectivity index (χ0) is 32.3. The van der Waals surface area contributed by atoms with E-state index < -0.39 is 91.2 Å². The topological polar surface area (TPSA) is 37.4 Å². The first-order valence-corrected chi connectivity index (χ1v) is 10.7. The van der Waals surface area contributed by atoms with Crippen molar-refractivity contribution in [2.24, 2.45) is 0 Å². The third-order valence-corrected chi connectivity index (χ3v) is 6.10. The van der Waals surface area contributed by atoms with Crippen LogP contribution >= 0.6 is 0 Å². The molecule has 3 nitrogen and oxygen atoms in total. The fourth-order valence-corrected chi connectivity index (χ4v) is 3.73. The summed E-state index contributed by atoms with van der Waals surface area (Å²) in [4.78, 5) is 24.3. The van der Waals surface area contributed by atoms with Crippen LogP contribution in [0.4, 0.5) is 74.6 Å². The highest BCUT2D eigenvalue weighted by molar-refractivity contribution is 6.02. The lowest BCUT2D eigenvalue weighted by Crippen LogP contribution is -2.74. The van der Waals surface area contributed by atoms with Crippen LogP contribution in [0.25, 0.3) is 0 Å². The molecule has 2 rings (SSSR count). The molecule has 0 radical (unpaired) electrons. The Bertz CT molecular complexity index is 1110. The van der Waals surface area contributed by atoms with Gasteiger partial charge in [-0.05, 0) is 12.0 Å². The number of halogens is 17. The third kappa shape index (κ3) is 5.08. The minimum atomic E-state index is -8.71. The Kier molecular flexibility index (Phi) is 8.52. The van der Waals surface area contributed by atoms with E-state index in [0.29, 0.717) is 0 Å². The molecule has 20 heteroatoms. The Balaban J connectivity index is 2.51. The zero-order valence-electron chi connectivity index (χ0n) is 19.5. The van der Waals surface area contributed by atoms with E-state index in [1.807, 2.05) is 0 Å². The predicted molar refractivity (Wildman–Crippen MR) is 100 cm³/mol. The average Bonchev–Trinajstić information content (AvgIpc) is 3.16. The lowest BCUT2D eigenvalue weighted by Gasteiger charge is -2.43. The summed E-state index contributed by atoms with van der Waals surface area (Å²) in [6, 6.07) is 3.70. The normalized spacial score (nSPS) is 17.8. The second-order valence-electron chi connectivity index (χ2n) is 8.77. The summed E-state index contributed by atoms with van der Waals surface area (Å²) < 4.78 is 229. The standard InChI is InChI=1S/C21H14F17NO2/c22-14(23,9-8-11(10-4-2-1-3-5-10)39-12(40)6-7-13(39)41)15(24,25)16(26,27)17(28,29)18(30,31)19(32,33)20(34,35)21(36,37)38/h1-5,11H,6-9H2. The number of hydrogen-bond acceptors (Lipinski definition) is 2. The van der Waals surface area contributed by atoms with Crippen molar-refractivity contribution in [1.29, 1.82) is 0 Å². The molecule has 234 valence electrons. The number of imide groups is 1. The van der Waals surface area contributed by atoms with Gasteiger partial charge in [0.1, 0.15) is 0 Å². The van der Waals surface area contributed by atoms with Gasteiger partial charge in [-0.15, -0.1) is 0 Å². The van der Waals surface area contributed by atoms with Crippen molar-refractivity contribution < 1.29 is 84.2 Å². The van der Waals surface area contributed by atoms with E-state index >= 15 is 0 Å². The van der Waals surface area contributed by atoms with Gasteiger partial charge in [-0.3, -0.25) is 14.5 Å². The van der Waals surface area contributed by atoms with Gasteiger partial charge in [0, 0.05) is 19.3 Å². The number of amides is 2. The number of benzene rings is 1. The molecule has 41 heavy (non-hydrogen) atoms. The van der Waals surface area contributed by atoms with Crippen LogP contribution in [0.1, 0.15) is 37.3 Å². The van der Waals surface area contributed by atoms with Crippen LogP contribution in [0.3, 0.4) is 0 Å². The van der Waals surface area contributed by atoms with E-state index in [1.54, 1.807) is 0 Å². The average molecular weight is 635 g/mol. The molecule has 1 unspecified atom stereocenters. The molecule has 1 fully saturated rings. The number of nitrogens with zero attached hydrogens (tertiary/aromatic N) is 1. The second kappa shape index (κ2) is 10.2. The predicted octanol–water partition coefficient (Wildman–Crippen LogP) is 7.67. The van der Waals surface area contributed by atoms with Gasteiger partial charge >= 0.3 is 47.6 Å². The molecule has 0 bridgehead atoms. The third-order valence-electron chi connectivity index (χ3n) is 6.10. The minimum Gasteiger partial charge on any atom is -0.275 e. The summed E-state index contributed by atoms with van der Waals surface area (Å²) in [5, 5.41) is 0. The van der Waals surface area contributed by atoms with Crippen molar-refractivity contribution >= 4 is 11.8 Å². The molecule has 1 atom stereocenters. The fourth-order valence-electron chi connectivity index (χ4n) is 3.73. The highest BCUT2D eigenvalue weighted by Gasteiger charge is 2.95. The van der Waals surface area contributed by atoms with Crippen LogP contribution in [0.5, 0.6) is 0 Å². The Morgan fingerprint density at radius 2 is 0.927 bits per heavy atom. The number of hydrogen-bond donors (Lipinski definition) is 0. The van der Waals surface area contributed by atoms with Crippen LogP contribution in [0.15, 0.2) is 30.3 Å². The molecule has 1 aliphatic rings. The minimum absolute atomic E-state index is 0.240. The Morgan fingerprint density at radius 3 is 1.32 bits per heavy atom.